The van der Waals surface area contributed by atoms with Crippen molar-refractivity contribution in [2.45, 2.75) is 0 Å². The number of carbonyl (C=O) groups excluding carboxylic acids is 2. The summed E-state index contributed by atoms with van der Waals surface area (Å²) in [5, 5.41) is 2.74. The highest BCUT2D eigenvalue weighted by Crippen LogP contribution is 2.19. The summed E-state index contributed by atoms with van der Waals surface area (Å²) in [6.07, 6.45) is 1.77. The molecule has 30 heavy (non-hydrogen) atoms. The van der Waals surface area contributed by atoms with E-state index in [1.165, 1.54) is 0 Å². The molecule has 152 valence electrons. The summed E-state index contributed by atoms with van der Waals surface area (Å²) >= 11 is 0. The van der Waals surface area contributed by atoms with Gasteiger partial charge >= 0.3 is 0 Å². The van der Waals surface area contributed by atoms with Gasteiger partial charge < -0.3 is 15.1 Å². The highest BCUT2D eigenvalue weighted by molar-refractivity contribution is 5.96. The lowest BCUT2D eigenvalue weighted by molar-refractivity contribution is -0.130. The van der Waals surface area contributed by atoms with Gasteiger partial charge in [0.25, 0.3) is 5.91 Å². The van der Waals surface area contributed by atoms with Crippen molar-refractivity contribution in [3.05, 3.63) is 84.6 Å². The van der Waals surface area contributed by atoms with E-state index in [0.717, 1.165) is 30.0 Å². The fourth-order valence-electron chi connectivity index (χ4n) is 3.54. The smallest absolute Gasteiger partial charge is 0.251 e. The molecule has 2 heterocycles. The van der Waals surface area contributed by atoms with Gasteiger partial charge in [-0.1, -0.05) is 48.5 Å². The average Bonchev–Trinajstić information content (AvgIpc) is 2.83. The summed E-state index contributed by atoms with van der Waals surface area (Å²) < 4.78 is 0. The minimum atomic E-state index is -0.241. The molecule has 2 aromatic carbocycles. The third kappa shape index (κ3) is 4.66. The van der Waals surface area contributed by atoms with Gasteiger partial charge in [0.1, 0.15) is 5.82 Å². The minimum Gasteiger partial charge on any atom is -0.353 e. The maximum Gasteiger partial charge on any atom is 0.251 e. The van der Waals surface area contributed by atoms with Gasteiger partial charge in [-0.25, -0.2) is 4.98 Å². The lowest BCUT2D eigenvalue weighted by Crippen LogP contribution is -2.51. The molecule has 0 spiro atoms. The summed E-state index contributed by atoms with van der Waals surface area (Å²) in [7, 11) is 0. The standard InChI is InChI=1S/C24H24N4O2/c29-23(28-16-14-27(15-17-28)22-8-4-5-13-25-22)18-26-24(30)21-11-9-20(10-12-21)19-6-2-1-3-7-19/h1-13H,14-18H2,(H,26,30). The van der Waals surface area contributed by atoms with E-state index in [-0.39, 0.29) is 18.4 Å². The second-order valence-corrected chi connectivity index (χ2v) is 7.18. The second-order valence-electron chi connectivity index (χ2n) is 7.18. The van der Waals surface area contributed by atoms with Crippen molar-refractivity contribution < 1.29 is 9.59 Å². The predicted octanol–water partition coefficient (Wildman–Crippen LogP) is 2.83. The summed E-state index contributed by atoms with van der Waals surface area (Å²) in [6.45, 7) is 2.71. The van der Waals surface area contributed by atoms with Crippen LogP contribution in [0.15, 0.2) is 79.0 Å². The van der Waals surface area contributed by atoms with E-state index in [1.54, 1.807) is 23.2 Å². The number of hydrogen-bond acceptors (Lipinski definition) is 4. The van der Waals surface area contributed by atoms with Gasteiger partial charge in [0.05, 0.1) is 6.54 Å². The summed E-state index contributed by atoms with van der Waals surface area (Å²) in [6, 6.07) is 23.2. The lowest BCUT2D eigenvalue weighted by Gasteiger charge is -2.35. The Hall–Kier alpha value is -3.67. The van der Waals surface area contributed by atoms with Crippen LogP contribution in [0.3, 0.4) is 0 Å². The van der Waals surface area contributed by atoms with E-state index in [9.17, 15) is 9.59 Å². The molecule has 4 rings (SSSR count). The maximum absolute atomic E-state index is 12.5. The monoisotopic (exact) mass is 400 g/mol. The number of anilines is 1. The van der Waals surface area contributed by atoms with Crippen molar-refractivity contribution in [1.29, 1.82) is 0 Å². The molecule has 1 N–H and O–H groups in total. The Morgan fingerprint density at radius 1 is 0.800 bits per heavy atom. The molecule has 0 aliphatic carbocycles. The Labute approximate surface area is 176 Å². The third-order valence-electron chi connectivity index (χ3n) is 5.26. The van der Waals surface area contributed by atoms with Crippen molar-refractivity contribution in [1.82, 2.24) is 15.2 Å². The van der Waals surface area contributed by atoms with Crippen molar-refractivity contribution >= 4 is 17.6 Å². The van der Waals surface area contributed by atoms with Crippen molar-refractivity contribution in [2.24, 2.45) is 0 Å². The molecule has 0 bridgehead atoms. The normalized spacial score (nSPS) is 13.7. The van der Waals surface area contributed by atoms with Crippen molar-refractivity contribution in [2.75, 3.05) is 37.6 Å². The van der Waals surface area contributed by atoms with Gasteiger partial charge in [-0.2, -0.15) is 0 Å². The molecular weight excluding hydrogens is 376 g/mol. The number of rotatable bonds is 5. The lowest BCUT2D eigenvalue weighted by atomic mass is 10.0. The molecular formula is C24H24N4O2. The first-order valence-electron chi connectivity index (χ1n) is 10.1. The first-order valence-corrected chi connectivity index (χ1v) is 10.1. The van der Waals surface area contributed by atoms with Gasteiger partial charge in [0.2, 0.25) is 5.91 Å². The molecule has 1 fully saturated rings. The van der Waals surface area contributed by atoms with Gasteiger partial charge in [0, 0.05) is 37.9 Å². The Kier molecular flexibility index (Phi) is 6.03. The Morgan fingerprint density at radius 3 is 2.13 bits per heavy atom. The van der Waals surface area contributed by atoms with Crippen molar-refractivity contribution in [3.8, 4) is 11.1 Å². The highest BCUT2D eigenvalue weighted by atomic mass is 16.2. The number of nitrogens with one attached hydrogen (secondary N) is 1. The molecule has 0 atom stereocenters. The third-order valence-corrected chi connectivity index (χ3v) is 5.26. The van der Waals surface area contributed by atoms with Crippen LogP contribution in [0.5, 0.6) is 0 Å². The van der Waals surface area contributed by atoms with Crippen LogP contribution in [0.1, 0.15) is 10.4 Å². The molecule has 6 heteroatoms. The molecule has 0 unspecified atom stereocenters. The van der Waals surface area contributed by atoms with E-state index in [1.807, 2.05) is 60.7 Å². The fraction of sp³-hybridized carbons (Fsp3) is 0.208. The van der Waals surface area contributed by atoms with Crippen LogP contribution in [-0.4, -0.2) is 54.4 Å². The van der Waals surface area contributed by atoms with Gasteiger partial charge in [-0.15, -0.1) is 0 Å². The minimum absolute atomic E-state index is 0.00283. The van der Waals surface area contributed by atoms with Crippen LogP contribution in [0.25, 0.3) is 11.1 Å². The molecule has 0 radical (unpaired) electrons. The first kappa shape index (κ1) is 19.6. The van der Waals surface area contributed by atoms with Crippen LogP contribution < -0.4 is 10.2 Å². The van der Waals surface area contributed by atoms with E-state index >= 15 is 0 Å². The largest absolute Gasteiger partial charge is 0.353 e. The van der Waals surface area contributed by atoms with Gasteiger partial charge in [-0.05, 0) is 35.4 Å². The zero-order chi connectivity index (χ0) is 20.8. The quantitative estimate of drug-likeness (QED) is 0.715. The molecule has 3 aromatic rings. The van der Waals surface area contributed by atoms with E-state index in [2.05, 4.69) is 15.2 Å². The number of amides is 2. The number of pyridine rings is 1. The van der Waals surface area contributed by atoms with E-state index < -0.39 is 0 Å². The molecule has 1 aromatic heterocycles. The fourth-order valence-corrected chi connectivity index (χ4v) is 3.54. The van der Waals surface area contributed by atoms with Crippen LogP contribution in [0, 0.1) is 0 Å². The molecule has 6 nitrogen and oxygen atoms in total. The van der Waals surface area contributed by atoms with E-state index in [0.29, 0.717) is 18.7 Å². The van der Waals surface area contributed by atoms with Crippen LogP contribution in [0.4, 0.5) is 5.82 Å². The first-order chi connectivity index (χ1) is 14.7. The zero-order valence-corrected chi connectivity index (χ0v) is 16.7. The molecule has 2 amide bonds. The Morgan fingerprint density at radius 2 is 1.47 bits per heavy atom. The summed E-state index contributed by atoms with van der Waals surface area (Å²) in [5.74, 6) is 0.622. The van der Waals surface area contributed by atoms with Crippen LogP contribution >= 0.6 is 0 Å². The highest BCUT2D eigenvalue weighted by Gasteiger charge is 2.22. The average molecular weight is 400 g/mol. The number of carbonyl (C=O) groups is 2. The van der Waals surface area contributed by atoms with Crippen LogP contribution in [0.2, 0.25) is 0 Å². The molecule has 1 aliphatic rings. The Bertz CT molecular complexity index is 983. The van der Waals surface area contributed by atoms with Gasteiger partial charge in [-0.3, -0.25) is 9.59 Å². The maximum atomic E-state index is 12.5. The SMILES string of the molecule is O=C(NCC(=O)N1CCN(c2ccccn2)CC1)c1ccc(-c2ccccc2)cc1. The predicted molar refractivity (Wildman–Crippen MR) is 117 cm³/mol. The zero-order valence-electron chi connectivity index (χ0n) is 16.7. The molecule has 0 saturated carbocycles. The molecule has 1 saturated heterocycles. The second kappa shape index (κ2) is 9.22. The Balaban J connectivity index is 1.26. The van der Waals surface area contributed by atoms with E-state index in [4.69, 9.17) is 0 Å². The summed E-state index contributed by atoms with van der Waals surface area (Å²) in [5.41, 5.74) is 2.70. The summed E-state index contributed by atoms with van der Waals surface area (Å²) in [4.78, 5) is 33.2. The number of hydrogen-bond donors (Lipinski definition) is 1. The topological polar surface area (TPSA) is 65.5 Å². The number of aromatic nitrogens is 1. The molecule has 1 aliphatic heterocycles. The number of piperazine rings is 1. The van der Waals surface area contributed by atoms with Crippen LogP contribution in [-0.2, 0) is 4.79 Å². The number of benzene rings is 2. The van der Waals surface area contributed by atoms with Crippen molar-refractivity contribution in [3.63, 3.8) is 0 Å². The van der Waals surface area contributed by atoms with Gasteiger partial charge in [0.15, 0.2) is 0 Å². The number of nitrogens with zero attached hydrogens (tertiary/aromatic N) is 3.